The Hall–Kier alpha value is -1.64. The van der Waals surface area contributed by atoms with Crippen LogP contribution in [0.25, 0.3) is 0 Å². The van der Waals surface area contributed by atoms with Crippen LogP contribution in [0.1, 0.15) is 35.5 Å². The quantitative estimate of drug-likeness (QED) is 0.628. The van der Waals surface area contributed by atoms with Crippen LogP contribution in [0.15, 0.2) is 44.3 Å². The average Bonchev–Trinajstić information content (AvgIpc) is 3.03. The highest BCUT2D eigenvalue weighted by molar-refractivity contribution is 9.10. The van der Waals surface area contributed by atoms with E-state index in [0.717, 1.165) is 10.0 Å². The van der Waals surface area contributed by atoms with E-state index in [-0.39, 0.29) is 23.6 Å². The Bertz CT molecular complexity index is 860. The summed E-state index contributed by atoms with van der Waals surface area (Å²) >= 11 is 3.36. The number of carbonyl (C=O) groups excluding carboxylic acids is 1. The largest absolute Gasteiger partial charge is 0.467 e. The zero-order valence-electron chi connectivity index (χ0n) is 14.3. The minimum Gasteiger partial charge on any atom is -0.467 e. The molecule has 0 fully saturated rings. The third-order valence-corrected chi connectivity index (χ3v) is 6.03. The summed E-state index contributed by atoms with van der Waals surface area (Å²) in [5.74, 6) is -0.131. The van der Waals surface area contributed by atoms with Crippen LogP contribution in [0.3, 0.4) is 0 Å². The number of hydrogen-bond donors (Lipinski definition) is 0. The van der Waals surface area contributed by atoms with Crippen molar-refractivity contribution >= 4 is 31.9 Å². The fraction of sp³-hybridized carbons (Fsp3) is 0.353. The Labute approximate surface area is 156 Å². The molecule has 0 unspecified atom stereocenters. The van der Waals surface area contributed by atoms with Crippen molar-refractivity contribution < 1.29 is 22.4 Å². The molecule has 0 aliphatic rings. The number of esters is 1. The molecule has 2 rings (SSSR count). The minimum absolute atomic E-state index is 0.0148. The number of benzene rings is 1. The zero-order chi connectivity index (χ0) is 18.6. The molecule has 0 saturated heterocycles. The van der Waals surface area contributed by atoms with E-state index in [0.29, 0.717) is 12.2 Å². The molecule has 0 spiro atoms. The van der Waals surface area contributed by atoms with Crippen molar-refractivity contribution in [1.29, 1.82) is 0 Å². The lowest BCUT2D eigenvalue weighted by Crippen LogP contribution is -2.27. The summed E-state index contributed by atoms with van der Waals surface area (Å²) in [6, 6.07) is 6.57. The molecule has 25 heavy (non-hydrogen) atoms. The number of hydrogen-bond acceptors (Lipinski definition) is 5. The van der Waals surface area contributed by atoms with Crippen LogP contribution in [-0.4, -0.2) is 32.3 Å². The smallest absolute Gasteiger partial charge is 0.341 e. The first kappa shape index (κ1) is 19.7. The topological polar surface area (TPSA) is 76.8 Å². The Morgan fingerprint density at radius 3 is 2.64 bits per heavy atom. The van der Waals surface area contributed by atoms with Crippen LogP contribution in [0.2, 0.25) is 0 Å². The van der Waals surface area contributed by atoms with Gasteiger partial charge in [-0.1, -0.05) is 22.9 Å². The van der Waals surface area contributed by atoms with Crippen molar-refractivity contribution in [2.45, 2.75) is 31.7 Å². The predicted molar refractivity (Wildman–Crippen MR) is 96.8 cm³/mol. The number of furan rings is 1. The molecule has 0 saturated carbocycles. The van der Waals surface area contributed by atoms with Gasteiger partial charge in [0.15, 0.2) is 0 Å². The molecule has 0 amide bonds. The first-order valence-electron chi connectivity index (χ1n) is 7.78. The normalized spacial score (nSPS) is 11.7. The van der Waals surface area contributed by atoms with Gasteiger partial charge < -0.3 is 9.15 Å². The van der Waals surface area contributed by atoms with Crippen molar-refractivity contribution in [3.05, 3.63) is 51.9 Å². The molecule has 0 N–H and O–H groups in total. The highest BCUT2D eigenvalue weighted by atomic mass is 79.9. The first-order chi connectivity index (χ1) is 11.8. The second-order valence-corrected chi connectivity index (χ2v) is 8.32. The van der Waals surface area contributed by atoms with Crippen molar-refractivity contribution in [2.75, 3.05) is 13.7 Å². The van der Waals surface area contributed by atoms with Gasteiger partial charge in [-0.05, 0) is 43.2 Å². The third kappa shape index (κ3) is 4.50. The lowest BCUT2D eigenvalue weighted by Gasteiger charge is -2.18. The summed E-state index contributed by atoms with van der Waals surface area (Å²) in [7, 11) is -2.21. The lowest BCUT2D eigenvalue weighted by molar-refractivity contribution is 0.0525. The standard InChI is InChI=1S/C17H20BrNO5S/c1-4-12-8-14(18)6-7-16(12)25(21,22)19(3)10-15-9-13(11-24-15)17(20)23-5-2/h6-9,11H,4-5,10H2,1-3H3. The van der Waals surface area contributed by atoms with E-state index < -0.39 is 16.0 Å². The number of halogens is 1. The van der Waals surface area contributed by atoms with E-state index in [1.54, 1.807) is 25.1 Å². The van der Waals surface area contributed by atoms with Gasteiger partial charge in [-0.15, -0.1) is 0 Å². The van der Waals surface area contributed by atoms with E-state index >= 15 is 0 Å². The monoisotopic (exact) mass is 429 g/mol. The number of sulfonamides is 1. The molecule has 0 aliphatic carbocycles. The van der Waals surface area contributed by atoms with E-state index in [4.69, 9.17) is 9.15 Å². The maximum Gasteiger partial charge on any atom is 0.341 e. The van der Waals surface area contributed by atoms with Gasteiger partial charge in [0.2, 0.25) is 10.0 Å². The number of nitrogens with zero attached hydrogens (tertiary/aromatic N) is 1. The molecule has 1 aromatic carbocycles. The predicted octanol–water partition coefficient (Wildman–Crippen LogP) is 3.60. The second kappa shape index (κ2) is 8.16. The molecule has 2 aromatic rings. The van der Waals surface area contributed by atoms with Crippen molar-refractivity contribution in [1.82, 2.24) is 4.31 Å². The van der Waals surface area contributed by atoms with E-state index in [1.165, 1.54) is 23.7 Å². The molecule has 136 valence electrons. The van der Waals surface area contributed by atoms with E-state index in [9.17, 15) is 13.2 Å². The fourth-order valence-electron chi connectivity index (χ4n) is 2.33. The van der Waals surface area contributed by atoms with Gasteiger partial charge in [0.1, 0.15) is 12.0 Å². The Kier molecular flexibility index (Phi) is 6.42. The second-order valence-electron chi connectivity index (χ2n) is 5.39. The average molecular weight is 430 g/mol. The molecule has 0 atom stereocenters. The number of rotatable bonds is 7. The SMILES string of the molecule is CCOC(=O)c1coc(CN(C)S(=O)(=O)c2ccc(Br)cc2CC)c1. The molecule has 0 aliphatic heterocycles. The van der Waals surface area contributed by atoms with Crippen LogP contribution in [0.4, 0.5) is 0 Å². The van der Waals surface area contributed by atoms with E-state index in [1.807, 2.05) is 6.92 Å². The molecular formula is C17H20BrNO5S. The molecule has 8 heteroatoms. The van der Waals surface area contributed by atoms with Crippen LogP contribution in [0, 0.1) is 0 Å². The third-order valence-electron chi connectivity index (χ3n) is 3.64. The van der Waals surface area contributed by atoms with Gasteiger partial charge in [-0.3, -0.25) is 0 Å². The highest BCUT2D eigenvalue weighted by Crippen LogP contribution is 2.25. The van der Waals surface area contributed by atoms with Crippen LogP contribution in [0.5, 0.6) is 0 Å². The molecule has 0 bridgehead atoms. The number of aryl methyl sites for hydroxylation is 1. The van der Waals surface area contributed by atoms with Gasteiger partial charge in [-0.2, -0.15) is 4.31 Å². The number of ether oxygens (including phenoxy) is 1. The Balaban J connectivity index is 2.22. The first-order valence-corrected chi connectivity index (χ1v) is 10.0. The lowest BCUT2D eigenvalue weighted by atomic mass is 10.2. The van der Waals surface area contributed by atoms with Crippen LogP contribution in [-0.2, 0) is 27.7 Å². The summed E-state index contributed by atoms with van der Waals surface area (Å²) in [6.45, 7) is 3.89. The Morgan fingerprint density at radius 1 is 1.28 bits per heavy atom. The molecule has 1 aromatic heterocycles. The van der Waals surface area contributed by atoms with Gasteiger partial charge in [-0.25, -0.2) is 13.2 Å². The van der Waals surface area contributed by atoms with Crippen LogP contribution < -0.4 is 0 Å². The van der Waals surface area contributed by atoms with Gasteiger partial charge in [0.05, 0.1) is 23.6 Å². The fourth-order valence-corrected chi connectivity index (χ4v) is 4.15. The Morgan fingerprint density at radius 2 is 2.00 bits per heavy atom. The zero-order valence-corrected chi connectivity index (χ0v) is 16.7. The molecular weight excluding hydrogens is 410 g/mol. The van der Waals surface area contributed by atoms with E-state index in [2.05, 4.69) is 15.9 Å². The molecule has 6 nitrogen and oxygen atoms in total. The highest BCUT2D eigenvalue weighted by Gasteiger charge is 2.25. The van der Waals surface area contributed by atoms with Gasteiger partial charge in [0, 0.05) is 11.5 Å². The van der Waals surface area contributed by atoms with Gasteiger partial charge in [0.25, 0.3) is 0 Å². The summed E-state index contributed by atoms with van der Waals surface area (Å²) in [6.07, 6.45) is 1.86. The summed E-state index contributed by atoms with van der Waals surface area (Å²) in [5.41, 5.74) is 0.994. The van der Waals surface area contributed by atoms with Crippen molar-refractivity contribution in [3.8, 4) is 0 Å². The number of carbonyl (C=O) groups is 1. The maximum absolute atomic E-state index is 12.8. The van der Waals surface area contributed by atoms with Crippen molar-refractivity contribution in [2.24, 2.45) is 0 Å². The molecule has 0 radical (unpaired) electrons. The van der Waals surface area contributed by atoms with Gasteiger partial charge >= 0.3 is 5.97 Å². The summed E-state index contributed by atoms with van der Waals surface area (Å²) in [4.78, 5) is 11.9. The molecule has 1 heterocycles. The van der Waals surface area contributed by atoms with Crippen molar-refractivity contribution in [3.63, 3.8) is 0 Å². The van der Waals surface area contributed by atoms with Crippen LogP contribution >= 0.6 is 15.9 Å². The summed E-state index contributed by atoms with van der Waals surface area (Å²) < 4.78 is 37.9. The summed E-state index contributed by atoms with van der Waals surface area (Å²) in [5, 5.41) is 0. The minimum atomic E-state index is -3.68. The maximum atomic E-state index is 12.8.